The van der Waals surface area contributed by atoms with E-state index in [1.165, 1.54) is 18.3 Å². The second-order valence-corrected chi connectivity index (χ2v) is 5.42. The highest BCUT2D eigenvalue weighted by molar-refractivity contribution is 6.04. The minimum atomic E-state index is -1.58. The molecule has 1 heterocycles. The Labute approximate surface area is 152 Å². The molecule has 0 bridgehead atoms. The van der Waals surface area contributed by atoms with Crippen molar-refractivity contribution < 1.29 is 18.0 Å². The number of halogens is 3. The van der Waals surface area contributed by atoms with Crippen molar-refractivity contribution in [3.8, 4) is 6.07 Å². The summed E-state index contributed by atoms with van der Waals surface area (Å²) in [6.07, 6.45) is 1.25. The predicted molar refractivity (Wildman–Crippen MR) is 92.9 cm³/mol. The fourth-order valence-electron chi connectivity index (χ4n) is 2.19. The van der Waals surface area contributed by atoms with Crippen molar-refractivity contribution in [2.24, 2.45) is 0 Å². The molecule has 5 nitrogen and oxygen atoms in total. The number of hydrogen-bond acceptors (Lipinski definition) is 4. The van der Waals surface area contributed by atoms with Crippen LogP contribution in [0.3, 0.4) is 0 Å². The maximum absolute atomic E-state index is 13.7. The quantitative estimate of drug-likeness (QED) is 0.671. The highest BCUT2D eigenvalue weighted by atomic mass is 19.2. The van der Waals surface area contributed by atoms with Gasteiger partial charge in [0.05, 0.1) is 22.9 Å². The van der Waals surface area contributed by atoms with Gasteiger partial charge >= 0.3 is 0 Å². The fraction of sp³-hybridized carbons (Fsp3) is 0. The summed E-state index contributed by atoms with van der Waals surface area (Å²) in [6, 6.07) is 13.0. The van der Waals surface area contributed by atoms with Crippen LogP contribution < -0.4 is 10.6 Å². The van der Waals surface area contributed by atoms with Gasteiger partial charge < -0.3 is 10.6 Å². The number of amides is 1. The first-order valence-corrected chi connectivity index (χ1v) is 7.66. The van der Waals surface area contributed by atoms with Gasteiger partial charge in [-0.25, -0.2) is 18.2 Å². The Balaban J connectivity index is 1.70. The van der Waals surface area contributed by atoms with E-state index in [1.807, 2.05) is 6.07 Å². The van der Waals surface area contributed by atoms with E-state index in [1.54, 1.807) is 24.3 Å². The van der Waals surface area contributed by atoms with Gasteiger partial charge in [-0.3, -0.25) is 4.79 Å². The van der Waals surface area contributed by atoms with Crippen LogP contribution in [-0.4, -0.2) is 10.9 Å². The lowest BCUT2D eigenvalue weighted by molar-refractivity contribution is 0.102. The van der Waals surface area contributed by atoms with Gasteiger partial charge in [0, 0.05) is 11.9 Å². The van der Waals surface area contributed by atoms with E-state index in [0.29, 0.717) is 11.3 Å². The first-order valence-electron chi connectivity index (χ1n) is 7.66. The minimum Gasteiger partial charge on any atom is -0.338 e. The lowest BCUT2D eigenvalue weighted by Crippen LogP contribution is -2.12. The molecule has 0 atom stereocenters. The normalized spacial score (nSPS) is 10.1. The van der Waals surface area contributed by atoms with E-state index in [4.69, 9.17) is 5.26 Å². The smallest absolute Gasteiger partial charge is 0.257 e. The summed E-state index contributed by atoms with van der Waals surface area (Å²) in [7, 11) is 0. The second kappa shape index (κ2) is 7.58. The van der Waals surface area contributed by atoms with Crippen LogP contribution in [0.5, 0.6) is 0 Å². The van der Waals surface area contributed by atoms with Crippen molar-refractivity contribution in [2.75, 3.05) is 10.6 Å². The molecule has 0 spiro atoms. The first kappa shape index (κ1) is 17.9. The van der Waals surface area contributed by atoms with Crippen LogP contribution in [-0.2, 0) is 0 Å². The van der Waals surface area contributed by atoms with Crippen LogP contribution in [0.15, 0.2) is 54.7 Å². The maximum Gasteiger partial charge on any atom is 0.257 e. The Morgan fingerprint density at radius 2 is 1.70 bits per heavy atom. The number of hydrogen-bond donors (Lipinski definition) is 2. The molecule has 0 aliphatic rings. The SMILES string of the molecule is N#Cc1ccc(NC(=O)c2ccc(Nc3ccc(F)c(F)c3F)nc2)cc1. The summed E-state index contributed by atoms with van der Waals surface area (Å²) in [5.41, 5.74) is 0.923. The van der Waals surface area contributed by atoms with E-state index in [-0.39, 0.29) is 17.1 Å². The molecule has 3 rings (SSSR count). The van der Waals surface area contributed by atoms with Crippen LogP contribution in [0.2, 0.25) is 0 Å². The third-order valence-electron chi connectivity index (χ3n) is 3.60. The van der Waals surface area contributed by atoms with Gasteiger partial charge in [-0.2, -0.15) is 5.26 Å². The summed E-state index contributed by atoms with van der Waals surface area (Å²) in [6.45, 7) is 0. The summed E-state index contributed by atoms with van der Waals surface area (Å²) < 4.78 is 39.8. The van der Waals surface area contributed by atoms with Crippen LogP contribution >= 0.6 is 0 Å². The Morgan fingerprint density at radius 1 is 0.963 bits per heavy atom. The maximum atomic E-state index is 13.7. The predicted octanol–water partition coefficient (Wildman–Crippen LogP) is 4.37. The summed E-state index contributed by atoms with van der Waals surface area (Å²) in [5, 5.41) is 13.9. The highest BCUT2D eigenvalue weighted by Crippen LogP contribution is 2.22. The number of anilines is 3. The van der Waals surface area contributed by atoms with Gasteiger partial charge in [-0.05, 0) is 48.5 Å². The average Bonchev–Trinajstić information content (AvgIpc) is 2.69. The number of nitrogens with zero attached hydrogens (tertiary/aromatic N) is 2. The lowest BCUT2D eigenvalue weighted by atomic mass is 10.2. The van der Waals surface area contributed by atoms with Crippen molar-refractivity contribution in [1.82, 2.24) is 4.98 Å². The number of nitrogens with one attached hydrogen (secondary N) is 2. The molecule has 1 aromatic heterocycles. The number of rotatable bonds is 4. The molecule has 2 N–H and O–H groups in total. The van der Waals surface area contributed by atoms with Crippen molar-refractivity contribution in [2.45, 2.75) is 0 Å². The van der Waals surface area contributed by atoms with E-state index in [9.17, 15) is 18.0 Å². The topological polar surface area (TPSA) is 77.8 Å². The van der Waals surface area contributed by atoms with E-state index in [0.717, 1.165) is 12.1 Å². The molecule has 0 aliphatic carbocycles. The molecule has 0 fully saturated rings. The Morgan fingerprint density at radius 3 is 2.33 bits per heavy atom. The number of carbonyl (C=O) groups excluding carboxylic acids is 1. The highest BCUT2D eigenvalue weighted by Gasteiger charge is 2.14. The number of nitriles is 1. The van der Waals surface area contributed by atoms with Crippen LogP contribution in [0, 0.1) is 28.8 Å². The van der Waals surface area contributed by atoms with Crippen LogP contribution in [0.1, 0.15) is 15.9 Å². The molecule has 0 unspecified atom stereocenters. The lowest BCUT2D eigenvalue weighted by Gasteiger charge is -2.09. The number of carbonyl (C=O) groups is 1. The largest absolute Gasteiger partial charge is 0.338 e. The molecule has 2 aromatic carbocycles. The third kappa shape index (κ3) is 4.04. The molecule has 0 radical (unpaired) electrons. The molecule has 1 amide bonds. The van der Waals surface area contributed by atoms with Gasteiger partial charge in [-0.15, -0.1) is 0 Å². The van der Waals surface area contributed by atoms with Gasteiger partial charge in [-0.1, -0.05) is 0 Å². The zero-order chi connectivity index (χ0) is 19.4. The van der Waals surface area contributed by atoms with Gasteiger partial charge in [0.25, 0.3) is 5.91 Å². The number of benzene rings is 2. The van der Waals surface area contributed by atoms with Gasteiger partial charge in [0.1, 0.15) is 5.82 Å². The third-order valence-corrected chi connectivity index (χ3v) is 3.60. The number of pyridine rings is 1. The summed E-state index contributed by atoms with van der Waals surface area (Å²) in [5.74, 6) is -4.52. The van der Waals surface area contributed by atoms with Crippen LogP contribution in [0.25, 0.3) is 0 Å². The fourth-order valence-corrected chi connectivity index (χ4v) is 2.19. The van der Waals surface area contributed by atoms with E-state index in [2.05, 4.69) is 15.6 Å². The average molecular weight is 368 g/mol. The Hall–Kier alpha value is -3.86. The Bertz CT molecular complexity index is 1030. The van der Waals surface area contributed by atoms with E-state index < -0.39 is 23.4 Å². The molecule has 0 saturated carbocycles. The van der Waals surface area contributed by atoms with Crippen molar-refractivity contribution in [1.29, 1.82) is 5.26 Å². The van der Waals surface area contributed by atoms with Crippen molar-refractivity contribution in [3.05, 3.63) is 83.3 Å². The first-order chi connectivity index (χ1) is 13.0. The van der Waals surface area contributed by atoms with Gasteiger partial charge in [0.2, 0.25) is 0 Å². The second-order valence-electron chi connectivity index (χ2n) is 5.42. The van der Waals surface area contributed by atoms with E-state index >= 15 is 0 Å². The molecule has 27 heavy (non-hydrogen) atoms. The molecular weight excluding hydrogens is 357 g/mol. The van der Waals surface area contributed by atoms with Crippen molar-refractivity contribution in [3.63, 3.8) is 0 Å². The monoisotopic (exact) mass is 368 g/mol. The van der Waals surface area contributed by atoms with Crippen molar-refractivity contribution >= 4 is 23.1 Å². The summed E-state index contributed by atoms with van der Waals surface area (Å²) in [4.78, 5) is 16.1. The molecule has 0 saturated heterocycles. The Kier molecular flexibility index (Phi) is 5.04. The minimum absolute atomic E-state index is 0.148. The molecular formula is C19H11F3N4O. The molecule has 0 aliphatic heterocycles. The summed E-state index contributed by atoms with van der Waals surface area (Å²) >= 11 is 0. The standard InChI is InChI=1S/C19H11F3N4O/c20-14-6-7-15(18(22)17(14)21)26-16-8-3-12(10-24-16)19(27)25-13-4-1-11(9-23)2-5-13/h1-8,10H,(H,24,26)(H,25,27). The zero-order valence-corrected chi connectivity index (χ0v) is 13.6. The molecule has 3 aromatic rings. The van der Waals surface area contributed by atoms with Gasteiger partial charge in [0.15, 0.2) is 17.5 Å². The molecule has 134 valence electrons. The van der Waals surface area contributed by atoms with Crippen LogP contribution in [0.4, 0.5) is 30.4 Å². The zero-order valence-electron chi connectivity index (χ0n) is 13.6. The molecule has 8 heteroatoms. The number of aromatic nitrogens is 1.